The molecule has 0 saturated heterocycles. The summed E-state index contributed by atoms with van der Waals surface area (Å²) in [5.74, 6) is 0. The van der Waals surface area contributed by atoms with E-state index in [1.807, 2.05) is 94.6 Å². The van der Waals surface area contributed by atoms with Gasteiger partial charge in [-0.3, -0.25) is 9.36 Å². The molecule has 0 bridgehead atoms. The maximum absolute atomic E-state index is 4.64. The molecule has 6 nitrogen and oxygen atoms in total. The summed E-state index contributed by atoms with van der Waals surface area (Å²) in [7, 11) is 2.07. The quantitative estimate of drug-likeness (QED) is 0.149. The Bertz CT molecular complexity index is 3040. The van der Waals surface area contributed by atoms with E-state index in [-0.39, 0.29) is 20.1 Å². The van der Waals surface area contributed by atoms with Crippen molar-refractivity contribution < 1.29 is 20.1 Å². The predicted molar refractivity (Wildman–Crippen MR) is 263 cm³/mol. The van der Waals surface area contributed by atoms with Crippen LogP contribution in [0, 0.1) is 38.7 Å². The zero-order valence-corrected chi connectivity index (χ0v) is 38.8. The molecule has 0 saturated carbocycles. The summed E-state index contributed by atoms with van der Waals surface area (Å²) in [5.41, 5.74) is 17.1. The normalized spacial score (nSPS) is 11.4. The Balaban J connectivity index is 0.000000133. The number of rotatable bonds is 7. The van der Waals surface area contributed by atoms with Gasteiger partial charge in [0.05, 0.1) is 11.9 Å². The van der Waals surface area contributed by atoms with Gasteiger partial charge in [-0.05, 0) is 72.2 Å². The van der Waals surface area contributed by atoms with Gasteiger partial charge >= 0.3 is 0 Å². The van der Waals surface area contributed by atoms with Gasteiger partial charge in [0.15, 0.2) is 0 Å². The average molecular weight is 1020 g/mol. The van der Waals surface area contributed by atoms with Gasteiger partial charge in [-0.1, -0.05) is 127 Å². The summed E-state index contributed by atoms with van der Waals surface area (Å²) in [6, 6.07) is 80.0. The summed E-state index contributed by atoms with van der Waals surface area (Å²) in [6.07, 6.45) is 3.92. The van der Waals surface area contributed by atoms with Gasteiger partial charge in [0.25, 0.3) is 0 Å². The van der Waals surface area contributed by atoms with Gasteiger partial charge in [-0.15, -0.1) is 29.4 Å². The molecule has 1 radical (unpaired) electrons. The molecule has 0 aliphatic carbocycles. The molecule has 8 aromatic carbocycles. The van der Waals surface area contributed by atoms with Crippen molar-refractivity contribution in [1.29, 1.82) is 0 Å². The van der Waals surface area contributed by atoms with Crippen LogP contribution < -0.4 is 9.80 Å². The van der Waals surface area contributed by atoms with E-state index < -0.39 is 0 Å². The fraction of sp³-hybridized carbons (Fsp3) is 0.0517. The first-order chi connectivity index (χ1) is 31.5. The summed E-state index contributed by atoms with van der Waals surface area (Å²) in [4.78, 5) is 4.32. The molecule has 0 N–H and O–H groups in total. The predicted octanol–water partition coefficient (Wildman–Crippen LogP) is 13.8. The fourth-order valence-corrected chi connectivity index (χ4v) is 7.89. The monoisotopic (exact) mass is 1020 g/mol. The minimum absolute atomic E-state index is 0. The molecular weight excluding hydrogens is 973 g/mol. The summed E-state index contributed by atoms with van der Waals surface area (Å²) < 4.78 is 3.80. The van der Waals surface area contributed by atoms with Crippen LogP contribution in [0.3, 0.4) is 0 Å². The Kier molecular flexibility index (Phi) is 14.1. The minimum Gasteiger partial charge on any atom is -0.504 e. The molecular formula is C58H46IrN6-4. The Hall–Kier alpha value is -7.57. The van der Waals surface area contributed by atoms with Crippen LogP contribution in [0.1, 0.15) is 11.4 Å². The third-order valence-electron chi connectivity index (χ3n) is 11.1. The van der Waals surface area contributed by atoms with E-state index in [1.54, 1.807) is 0 Å². The molecule has 1 aliphatic heterocycles. The third-order valence-corrected chi connectivity index (χ3v) is 11.1. The second-order valence-corrected chi connectivity index (χ2v) is 15.3. The first kappa shape index (κ1) is 44.1. The second kappa shape index (κ2) is 20.7. The van der Waals surface area contributed by atoms with Crippen LogP contribution in [-0.4, -0.2) is 26.6 Å². The van der Waals surface area contributed by atoms with Crippen LogP contribution in [0.2, 0.25) is 0 Å². The van der Waals surface area contributed by atoms with Crippen molar-refractivity contribution in [2.45, 2.75) is 13.8 Å². The zero-order valence-electron chi connectivity index (χ0n) is 36.4. The Morgan fingerprint density at radius 3 is 1.58 bits per heavy atom. The number of nitrogens with zero attached hydrogens (tertiary/aromatic N) is 6. The van der Waals surface area contributed by atoms with Gasteiger partial charge in [0.2, 0.25) is 0 Å². The van der Waals surface area contributed by atoms with Crippen LogP contribution in [0.25, 0.3) is 55.9 Å². The Morgan fingerprint density at radius 1 is 0.462 bits per heavy atom. The van der Waals surface area contributed by atoms with Crippen LogP contribution in [-0.2, 0) is 20.1 Å². The second-order valence-electron chi connectivity index (χ2n) is 15.3. The van der Waals surface area contributed by atoms with E-state index >= 15 is 0 Å². The number of anilines is 3. The van der Waals surface area contributed by atoms with Crippen molar-refractivity contribution in [3.63, 3.8) is 0 Å². The molecule has 0 fully saturated rings. The number of hydrogen-bond donors (Lipinski definition) is 0. The Labute approximate surface area is 396 Å². The molecule has 7 heteroatoms. The smallest absolute Gasteiger partial charge is 0.0678 e. The van der Waals surface area contributed by atoms with E-state index in [2.05, 4.69) is 199 Å². The molecule has 0 amide bonds. The molecule has 321 valence electrons. The molecule has 11 rings (SSSR count). The van der Waals surface area contributed by atoms with Crippen molar-refractivity contribution in [1.82, 2.24) is 19.6 Å². The van der Waals surface area contributed by atoms with Crippen molar-refractivity contribution in [2.24, 2.45) is 0 Å². The fourth-order valence-electron chi connectivity index (χ4n) is 7.89. The summed E-state index contributed by atoms with van der Waals surface area (Å²) in [5, 5.41) is 9.07. The first-order valence-corrected chi connectivity index (χ1v) is 21.3. The van der Waals surface area contributed by atoms with Crippen molar-refractivity contribution in [3.8, 4) is 55.9 Å². The van der Waals surface area contributed by atoms with Crippen LogP contribution in [0.5, 0.6) is 0 Å². The topological polar surface area (TPSA) is 42.1 Å². The van der Waals surface area contributed by atoms with E-state index in [4.69, 9.17) is 0 Å². The van der Waals surface area contributed by atoms with Crippen molar-refractivity contribution in [2.75, 3.05) is 16.8 Å². The average Bonchev–Trinajstić information content (AvgIpc) is 4.09. The third kappa shape index (κ3) is 10.1. The van der Waals surface area contributed by atoms with Crippen molar-refractivity contribution in [3.05, 3.63) is 255 Å². The first-order valence-electron chi connectivity index (χ1n) is 21.3. The van der Waals surface area contributed by atoms with Gasteiger partial charge in [-0.25, -0.2) is 0 Å². The molecule has 2 aromatic heterocycles. The number of para-hydroxylation sites is 4. The molecule has 1 aliphatic rings. The number of fused-ring (bicyclic) bond motifs is 1. The Morgan fingerprint density at radius 2 is 0.969 bits per heavy atom. The van der Waals surface area contributed by atoms with Crippen LogP contribution in [0.15, 0.2) is 219 Å². The molecule has 65 heavy (non-hydrogen) atoms. The van der Waals surface area contributed by atoms with E-state index in [9.17, 15) is 0 Å². The van der Waals surface area contributed by atoms with Gasteiger partial charge in [-0.2, -0.15) is 83.6 Å². The largest absolute Gasteiger partial charge is 0.504 e. The number of aromatic nitrogens is 4. The standard InChI is InChI=1S/C21H15N2.C20H16N2.C17H15N2.Ir/c1-3-7-17(8-4-1)18-11-13-19(14-12-18)20-15-22-23(16-20)21-9-5-2-6-10-21;1-21-15-22(20-13-6-5-12-19(20)21)18-11-7-10-17(14-18)16-8-3-2-4-9-16;1-13-17(15-9-5-3-6-10-15)14(2)19(18-13)16-11-7-4-8-12-16;/h1-9,11-16H;2-10,12-15H,1H3;3-11H,1-2H3;/q-1;-2;-1;. The minimum atomic E-state index is 0. The zero-order chi connectivity index (χ0) is 43.7. The van der Waals surface area contributed by atoms with E-state index in [0.717, 1.165) is 39.6 Å². The summed E-state index contributed by atoms with van der Waals surface area (Å²) >= 11 is 0. The molecule has 0 atom stereocenters. The van der Waals surface area contributed by atoms with Gasteiger partial charge in [0.1, 0.15) is 0 Å². The molecule has 0 unspecified atom stereocenters. The SMILES string of the molecule is CN1[CH-]N(c2[c-]ccc(-c3ccccc3)c2)c2ccccc21.Cc1nn(-c2[c-]cccc2)c(C)c1-c1ccccc1.[Ir].[c-]1ccccc1-n1cc(-c2ccc(-c3ccccc3)cc2)cn1. The molecule has 10 aromatic rings. The maximum atomic E-state index is 4.64. The van der Waals surface area contributed by atoms with Gasteiger partial charge < -0.3 is 9.80 Å². The summed E-state index contributed by atoms with van der Waals surface area (Å²) in [6.45, 7) is 6.25. The number of benzene rings is 8. The van der Waals surface area contributed by atoms with E-state index in [1.165, 1.54) is 44.8 Å². The van der Waals surface area contributed by atoms with E-state index in [0.29, 0.717) is 0 Å². The number of aryl methyl sites for hydroxylation is 1. The molecule has 3 heterocycles. The maximum Gasteiger partial charge on any atom is 0.0678 e. The van der Waals surface area contributed by atoms with Crippen molar-refractivity contribution >= 4 is 17.1 Å². The van der Waals surface area contributed by atoms with Crippen LogP contribution >= 0.6 is 0 Å². The number of hydrogen-bond acceptors (Lipinski definition) is 4. The molecule has 0 spiro atoms. The van der Waals surface area contributed by atoms with Crippen LogP contribution in [0.4, 0.5) is 17.1 Å². The van der Waals surface area contributed by atoms with Gasteiger partial charge in [0, 0.05) is 54.5 Å².